The minimum absolute atomic E-state index is 0.0151. The predicted molar refractivity (Wildman–Crippen MR) is 107 cm³/mol. The number of thioether (sulfide) groups is 1. The molecule has 1 unspecified atom stereocenters. The van der Waals surface area contributed by atoms with Crippen LogP contribution >= 0.6 is 11.8 Å². The van der Waals surface area contributed by atoms with Crippen molar-refractivity contribution in [2.75, 3.05) is 31.8 Å². The van der Waals surface area contributed by atoms with Crippen LogP contribution in [0.15, 0.2) is 17.2 Å². The Labute approximate surface area is 166 Å². The minimum atomic E-state index is -0.246. The number of rotatable bonds is 8. The van der Waals surface area contributed by atoms with E-state index in [0.717, 1.165) is 60.6 Å². The second-order valence-electron chi connectivity index (χ2n) is 7.35. The Hall–Kier alpha value is -1.78. The van der Waals surface area contributed by atoms with E-state index in [1.165, 1.54) is 7.11 Å². The van der Waals surface area contributed by atoms with E-state index in [4.69, 9.17) is 14.5 Å². The molecule has 1 atom stereocenters. The quantitative estimate of drug-likeness (QED) is 0.377. The highest BCUT2D eigenvalue weighted by Crippen LogP contribution is 2.34. The molecule has 7 heteroatoms. The van der Waals surface area contributed by atoms with Crippen molar-refractivity contribution in [2.45, 2.75) is 56.9 Å². The highest BCUT2D eigenvalue weighted by atomic mass is 32.2. The first-order chi connectivity index (χ1) is 13.0. The average molecular weight is 392 g/mol. The second kappa shape index (κ2) is 10.5. The fraction of sp³-hybridized carbons (Fsp3) is 0.650. The van der Waals surface area contributed by atoms with Gasteiger partial charge in [0.05, 0.1) is 18.4 Å². The molecule has 1 saturated heterocycles. The average Bonchev–Trinajstić information content (AvgIpc) is 2.67. The summed E-state index contributed by atoms with van der Waals surface area (Å²) in [5.74, 6) is 1.08. The van der Waals surface area contributed by atoms with E-state index in [1.807, 2.05) is 19.2 Å². The van der Waals surface area contributed by atoms with Crippen molar-refractivity contribution in [3.8, 4) is 5.40 Å². The van der Waals surface area contributed by atoms with Gasteiger partial charge in [-0.05, 0) is 48.1 Å². The summed E-state index contributed by atoms with van der Waals surface area (Å²) in [6, 6.07) is 2.36. The molecule has 148 valence electrons. The number of nitrogens with zero attached hydrogens (tertiary/aromatic N) is 3. The Morgan fingerprint density at radius 1 is 1.44 bits per heavy atom. The number of esters is 1. The lowest BCUT2D eigenvalue weighted by Gasteiger charge is -2.37. The molecule has 1 aromatic rings. The molecule has 27 heavy (non-hydrogen) atoms. The highest BCUT2D eigenvalue weighted by Gasteiger charge is 2.26. The van der Waals surface area contributed by atoms with Gasteiger partial charge in [-0.2, -0.15) is 5.26 Å². The maximum absolute atomic E-state index is 11.6. The summed E-state index contributed by atoms with van der Waals surface area (Å²) in [4.78, 5) is 19.5. The van der Waals surface area contributed by atoms with Crippen molar-refractivity contribution in [2.24, 2.45) is 5.92 Å². The summed E-state index contributed by atoms with van der Waals surface area (Å²) in [6.07, 6.45) is 4.05. The van der Waals surface area contributed by atoms with Crippen LogP contribution < -0.4 is 4.90 Å². The number of thiocyanates is 1. The maximum atomic E-state index is 11.6. The van der Waals surface area contributed by atoms with Crippen LogP contribution in [0.4, 0.5) is 5.82 Å². The number of nitriles is 1. The molecule has 1 aliphatic heterocycles. The summed E-state index contributed by atoms with van der Waals surface area (Å²) in [7, 11) is 1.39. The Bertz CT molecular complexity index is 669. The maximum Gasteiger partial charge on any atom is 0.306 e. The molecular formula is C20H29N3O3S. The van der Waals surface area contributed by atoms with Gasteiger partial charge in [-0.1, -0.05) is 20.8 Å². The summed E-state index contributed by atoms with van der Waals surface area (Å²) in [5, 5.41) is 11.5. The lowest BCUT2D eigenvalue weighted by atomic mass is 9.99. The third-order valence-electron chi connectivity index (χ3n) is 4.74. The largest absolute Gasteiger partial charge is 0.469 e. The Balaban J connectivity index is 2.34. The van der Waals surface area contributed by atoms with Gasteiger partial charge in [-0.3, -0.25) is 4.79 Å². The first kappa shape index (κ1) is 21.5. The van der Waals surface area contributed by atoms with Gasteiger partial charge in [0.2, 0.25) is 0 Å². The number of hydrogen-bond acceptors (Lipinski definition) is 7. The topological polar surface area (TPSA) is 75.4 Å². The molecule has 1 fully saturated rings. The number of anilines is 1. The van der Waals surface area contributed by atoms with Crippen LogP contribution in [0.25, 0.3) is 0 Å². The van der Waals surface area contributed by atoms with E-state index in [1.54, 1.807) is 0 Å². The zero-order valence-corrected chi connectivity index (χ0v) is 17.4. The zero-order chi connectivity index (χ0) is 19.8. The number of hydrogen-bond donors (Lipinski definition) is 0. The van der Waals surface area contributed by atoms with E-state index in [-0.39, 0.29) is 11.9 Å². The third-order valence-corrected chi connectivity index (χ3v) is 5.36. The number of carbonyl (C=O) groups excluding carboxylic acids is 1. The molecule has 0 bridgehead atoms. The standard InChI is InChI=1S/C20H29N3O3S/c1-14(2)12-23(17-5-7-26-8-6-17)20-18(27-13-21)10-16(11-22-20)15(3)9-19(24)25-4/h10-11,14-15,17H,5-9,12H2,1-4H3. The lowest BCUT2D eigenvalue weighted by Crippen LogP contribution is -2.42. The molecule has 2 rings (SSSR count). The van der Waals surface area contributed by atoms with Gasteiger partial charge >= 0.3 is 5.97 Å². The fourth-order valence-electron chi connectivity index (χ4n) is 3.31. The molecule has 0 amide bonds. The molecule has 0 spiro atoms. The van der Waals surface area contributed by atoms with Crippen LogP contribution in [0, 0.1) is 16.6 Å². The number of pyridine rings is 1. The molecule has 0 N–H and O–H groups in total. The second-order valence-corrected chi connectivity index (χ2v) is 8.18. The van der Waals surface area contributed by atoms with Crippen molar-refractivity contribution in [3.05, 3.63) is 17.8 Å². The van der Waals surface area contributed by atoms with Crippen molar-refractivity contribution >= 4 is 23.5 Å². The van der Waals surface area contributed by atoms with Gasteiger partial charge in [0.15, 0.2) is 0 Å². The normalized spacial score (nSPS) is 16.0. The van der Waals surface area contributed by atoms with Crippen LogP contribution in [0.3, 0.4) is 0 Å². The van der Waals surface area contributed by atoms with Gasteiger partial charge < -0.3 is 14.4 Å². The molecule has 0 radical (unpaired) electrons. The molecular weight excluding hydrogens is 362 g/mol. The van der Waals surface area contributed by atoms with Crippen LogP contribution in [-0.4, -0.2) is 43.9 Å². The monoisotopic (exact) mass is 391 g/mol. The fourth-order valence-corrected chi connectivity index (χ4v) is 3.87. The summed E-state index contributed by atoms with van der Waals surface area (Å²) in [6.45, 7) is 8.75. The van der Waals surface area contributed by atoms with Crippen molar-refractivity contribution in [1.29, 1.82) is 5.26 Å². The van der Waals surface area contributed by atoms with Crippen LogP contribution in [0.1, 0.15) is 51.5 Å². The molecule has 2 heterocycles. The molecule has 0 aromatic carbocycles. The smallest absolute Gasteiger partial charge is 0.306 e. The Morgan fingerprint density at radius 3 is 2.74 bits per heavy atom. The van der Waals surface area contributed by atoms with E-state index in [0.29, 0.717) is 18.4 Å². The van der Waals surface area contributed by atoms with Gasteiger partial charge in [-0.25, -0.2) is 4.98 Å². The van der Waals surface area contributed by atoms with Crippen molar-refractivity contribution in [1.82, 2.24) is 4.98 Å². The summed E-state index contributed by atoms with van der Waals surface area (Å²) < 4.78 is 10.3. The third kappa shape index (κ3) is 6.12. The van der Waals surface area contributed by atoms with E-state index >= 15 is 0 Å². The van der Waals surface area contributed by atoms with Crippen LogP contribution in [-0.2, 0) is 14.3 Å². The molecule has 6 nitrogen and oxygen atoms in total. The van der Waals surface area contributed by atoms with Gasteiger partial charge in [-0.15, -0.1) is 0 Å². The van der Waals surface area contributed by atoms with Gasteiger partial charge in [0.25, 0.3) is 0 Å². The van der Waals surface area contributed by atoms with Crippen LogP contribution in [0.5, 0.6) is 0 Å². The van der Waals surface area contributed by atoms with E-state index < -0.39 is 0 Å². The zero-order valence-electron chi connectivity index (χ0n) is 16.6. The van der Waals surface area contributed by atoms with Crippen molar-refractivity contribution < 1.29 is 14.3 Å². The first-order valence-corrected chi connectivity index (χ1v) is 10.2. The van der Waals surface area contributed by atoms with Gasteiger partial charge in [0, 0.05) is 32.0 Å². The highest BCUT2D eigenvalue weighted by molar-refractivity contribution is 8.03. The molecule has 0 aliphatic carbocycles. The predicted octanol–water partition coefficient (Wildman–Crippen LogP) is 3.96. The molecule has 0 saturated carbocycles. The number of aromatic nitrogens is 1. The van der Waals surface area contributed by atoms with E-state index in [2.05, 4.69) is 24.1 Å². The summed E-state index contributed by atoms with van der Waals surface area (Å²) >= 11 is 1.13. The Morgan fingerprint density at radius 2 is 2.15 bits per heavy atom. The number of carbonyl (C=O) groups is 1. The minimum Gasteiger partial charge on any atom is -0.469 e. The molecule has 1 aliphatic rings. The summed E-state index contributed by atoms with van der Waals surface area (Å²) in [5.41, 5.74) is 0.943. The van der Waals surface area contributed by atoms with Gasteiger partial charge in [0.1, 0.15) is 11.2 Å². The number of methoxy groups -OCH3 is 1. The molecule has 1 aromatic heterocycles. The first-order valence-electron chi connectivity index (χ1n) is 9.43. The number of ether oxygens (including phenoxy) is 2. The van der Waals surface area contributed by atoms with E-state index in [9.17, 15) is 10.1 Å². The van der Waals surface area contributed by atoms with Crippen LogP contribution in [0.2, 0.25) is 0 Å². The van der Waals surface area contributed by atoms with Crippen molar-refractivity contribution in [3.63, 3.8) is 0 Å². The SMILES string of the molecule is COC(=O)CC(C)c1cnc(N(CC(C)C)C2CCOCC2)c(SC#N)c1. The lowest BCUT2D eigenvalue weighted by molar-refractivity contribution is -0.140. The Kier molecular flexibility index (Phi) is 8.39.